The molecule has 28 heavy (non-hydrogen) atoms. The largest absolute Gasteiger partial charge is 0.451 e. The van der Waals surface area contributed by atoms with Gasteiger partial charge in [-0.2, -0.15) is 17.5 Å². The Balaban J connectivity index is 1.72. The van der Waals surface area contributed by atoms with Crippen LogP contribution < -0.4 is 0 Å². The molecule has 0 N–H and O–H groups in total. The number of piperazine rings is 1. The van der Waals surface area contributed by atoms with E-state index in [1.807, 2.05) is 0 Å². The van der Waals surface area contributed by atoms with Crippen LogP contribution in [0.5, 0.6) is 0 Å². The van der Waals surface area contributed by atoms with Gasteiger partial charge >= 0.3 is 6.18 Å². The molecule has 0 radical (unpaired) electrons. The van der Waals surface area contributed by atoms with Crippen LogP contribution >= 0.6 is 0 Å². The summed E-state index contributed by atoms with van der Waals surface area (Å²) in [6, 6.07) is 7.52. The third kappa shape index (κ3) is 4.22. The van der Waals surface area contributed by atoms with Crippen molar-refractivity contribution in [2.24, 2.45) is 0 Å². The molecule has 2 aromatic rings. The van der Waals surface area contributed by atoms with Crippen molar-refractivity contribution in [3.05, 3.63) is 47.7 Å². The summed E-state index contributed by atoms with van der Waals surface area (Å²) in [5, 5.41) is 0. The highest BCUT2D eigenvalue weighted by Crippen LogP contribution is 2.32. The summed E-state index contributed by atoms with van der Waals surface area (Å²) in [7, 11) is -3.30. The number of benzene rings is 1. The Labute approximate surface area is 160 Å². The predicted molar refractivity (Wildman–Crippen MR) is 96.1 cm³/mol. The Kier molecular flexibility index (Phi) is 5.53. The molecular formula is C18H19F3N2O4S. The highest BCUT2D eigenvalue weighted by atomic mass is 32.2. The van der Waals surface area contributed by atoms with E-state index >= 15 is 0 Å². The van der Waals surface area contributed by atoms with E-state index in [-0.39, 0.29) is 49.0 Å². The zero-order valence-corrected chi connectivity index (χ0v) is 15.9. The molecule has 0 atom stereocenters. The molecule has 1 aromatic heterocycles. The van der Waals surface area contributed by atoms with E-state index < -0.39 is 27.7 Å². The summed E-state index contributed by atoms with van der Waals surface area (Å²) in [5.74, 6) is -0.271. The van der Waals surface area contributed by atoms with E-state index in [0.29, 0.717) is 0 Å². The smallest absolute Gasteiger partial charge is 0.416 e. The maximum Gasteiger partial charge on any atom is 0.416 e. The molecule has 6 nitrogen and oxygen atoms in total. The van der Waals surface area contributed by atoms with Crippen LogP contribution in [-0.4, -0.2) is 55.5 Å². The van der Waals surface area contributed by atoms with E-state index in [0.717, 1.165) is 12.1 Å². The minimum atomic E-state index is -4.47. The molecule has 1 aromatic carbocycles. The number of rotatable bonds is 4. The lowest BCUT2D eigenvalue weighted by Gasteiger charge is -2.33. The quantitative estimate of drug-likeness (QED) is 0.768. The second-order valence-corrected chi connectivity index (χ2v) is 8.59. The van der Waals surface area contributed by atoms with Gasteiger partial charge in [-0.3, -0.25) is 4.79 Å². The highest BCUT2D eigenvalue weighted by molar-refractivity contribution is 7.89. The molecule has 1 saturated heterocycles. The van der Waals surface area contributed by atoms with E-state index in [9.17, 15) is 26.4 Å². The minimum Gasteiger partial charge on any atom is -0.451 e. The van der Waals surface area contributed by atoms with Gasteiger partial charge in [-0.15, -0.1) is 0 Å². The molecule has 0 spiro atoms. The van der Waals surface area contributed by atoms with Crippen molar-refractivity contribution in [1.82, 2.24) is 9.21 Å². The fourth-order valence-corrected chi connectivity index (χ4v) is 4.05. The van der Waals surface area contributed by atoms with Crippen molar-refractivity contribution in [1.29, 1.82) is 0 Å². The van der Waals surface area contributed by atoms with Crippen molar-refractivity contribution < 1.29 is 30.8 Å². The van der Waals surface area contributed by atoms with E-state index in [2.05, 4.69) is 0 Å². The predicted octanol–water partition coefficient (Wildman–Crippen LogP) is 3.07. The Morgan fingerprint density at radius 2 is 1.79 bits per heavy atom. The topological polar surface area (TPSA) is 70.8 Å². The Morgan fingerprint density at radius 3 is 2.39 bits per heavy atom. The number of furan rings is 1. The first-order valence-corrected chi connectivity index (χ1v) is 10.3. The van der Waals surface area contributed by atoms with E-state index in [1.54, 1.807) is 6.92 Å². The summed E-state index contributed by atoms with van der Waals surface area (Å²) < 4.78 is 69.2. The number of amides is 1. The third-order valence-electron chi connectivity index (χ3n) is 4.58. The lowest BCUT2D eigenvalue weighted by Crippen LogP contribution is -2.50. The minimum absolute atomic E-state index is 0.000516. The van der Waals surface area contributed by atoms with Crippen LogP contribution in [0.25, 0.3) is 11.3 Å². The summed E-state index contributed by atoms with van der Waals surface area (Å²) in [6.45, 7) is 2.40. The first-order chi connectivity index (χ1) is 13.1. The standard InChI is InChI=1S/C18H19F3N2O4S/c1-2-28(25,26)23-10-8-22(9-11-23)17(24)16-7-6-15(27-16)13-4-3-5-14(12-13)18(19,20)21/h3-7,12H,2,8-11H2,1H3. The molecule has 0 saturated carbocycles. The summed E-state index contributed by atoms with van der Waals surface area (Å²) >= 11 is 0. The lowest BCUT2D eigenvalue weighted by molar-refractivity contribution is -0.137. The van der Waals surface area contributed by atoms with E-state index in [1.165, 1.54) is 33.5 Å². The van der Waals surface area contributed by atoms with Gasteiger partial charge in [0.1, 0.15) is 5.76 Å². The van der Waals surface area contributed by atoms with Crippen molar-refractivity contribution in [3.63, 3.8) is 0 Å². The van der Waals surface area contributed by atoms with Crippen LogP contribution in [0.3, 0.4) is 0 Å². The third-order valence-corrected chi connectivity index (χ3v) is 6.46. The number of halogens is 3. The number of carbonyl (C=O) groups excluding carboxylic acids is 1. The van der Waals surface area contributed by atoms with Crippen molar-refractivity contribution in [2.75, 3.05) is 31.9 Å². The number of carbonyl (C=O) groups is 1. The second kappa shape index (κ2) is 7.59. The average molecular weight is 416 g/mol. The van der Waals surface area contributed by atoms with Crippen LogP contribution in [0.4, 0.5) is 13.2 Å². The zero-order valence-electron chi connectivity index (χ0n) is 15.1. The Hall–Kier alpha value is -2.33. The second-order valence-electron chi connectivity index (χ2n) is 6.33. The maximum atomic E-state index is 12.9. The number of alkyl halides is 3. The molecule has 0 unspecified atom stereocenters. The van der Waals surface area contributed by atoms with Gasteiger partial charge in [-0.25, -0.2) is 8.42 Å². The fraction of sp³-hybridized carbons (Fsp3) is 0.389. The van der Waals surface area contributed by atoms with Crippen molar-refractivity contribution in [2.45, 2.75) is 13.1 Å². The Morgan fingerprint density at radius 1 is 1.11 bits per heavy atom. The molecule has 0 bridgehead atoms. The molecule has 1 aliphatic rings. The SMILES string of the molecule is CCS(=O)(=O)N1CCN(C(=O)c2ccc(-c3cccc(C(F)(F)F)c3)o2)CC1. The molecule has 10 heteroatoms. The number of nitrogens with zero attached hydrogens (tertiary/aromatic N) is 2. The van der Waals surface area contributed by atoms with Gasteiger partial charge in [0.15, 0.2) is 5.76 Å². The zero-order chi connectivity index (χ0) is 20.5. The van der Waals surface area contributed by atoms with Crippen LogP contribution in [0.1, 0.15) is 23.0 Å². The molecule has 1 aliphatic heterocycles. The van der Waals surface area contributed by atoms with Gasteiger partial charge < -0.3 is 9.32 Å². The van der Waals surface area contributed by atoms with Gasteiger partial charge in [0.2, 0.25) is 10.0 Å². The summed E-state index contributed by atoms with van der Waals surface area (Å²) in [5.41, 5.74) is -0.588. The monoisotopic (exact) mass is 416 g/mol. The summed E-state index contributed by atoms with van der Waals surface area (Å²) in [6.07, 6.45) is -4.47. The van der Waals surface area contributed by atoms with Gasteiger partial charge in [-0.1, -0.05) is 12.1 Å². The number of sulfonamides is 1. The fourth-order valence-electron chi connectivity index (χ4n) is 2.96. The van der Waals surface area contributed by atoms with Crippen LogP contribution in [0, 0.1) is 0 Å². The first kappa shape index (κ1) is 20.4. The molecule has 0 aliphatic carbocycles. The van der Waals surface area contributed by atoms with Gasteiger partial charge in [0.05, 0.1) is 11.3 Å². The number of hydrogen-bond acceptors (Lipinski definition) is 4. The molecule has 3 rings (SSSR count). The first-order valence-electron chi connectivity index (χ1n) is 8.66. The van der Waals surface area contributed by atoms with Gasteiger partial charge in [0.25, 0.3) is 5.91 Å². The van der Waals surface area contributed by atoms with Crippen LogP contribution in [-0.2, 0) is 16.2 Å². The van der Waals surface area contributed by atoms with Crippen LogP contribution in [0.2, 0.25) is 0 Å². The van der Waals surface area contributed by atoms with Gasteiger partial charge in [-0.05, 0) is 31.2 Å². The molecule has 1 fully saturated rings. The molecule has 1 amide bonds. The number of hydrogen-bond donors (Lipinski definition) is 0. The lowest BCUT2D eigenvalue weighted by atomic mass is 10.1. The maximum absolute atomic E-state index is 12.9. The molecular weight excluding hydrogens is 397 g/mol. The normalized spacial score (nSPS) is 16.4. The molecule has 152 valence electrons. The molecule has 2 heterocycles. The van der Waals surface area contributed by atoms with E-state index in [4.69, 9.17) is 4.42 Å². The van der Waals surface area contributed by atoms with Gasteiger partial charge in [0, 0.05) is 31.7 Å². The Bertz CT molecular complexity index is 961. The average Bonchev–Trinajstić information content (AvgIpc) is 3.17. The van der Waals surface area contributed by atoms with Crippen molar-refractivity contribution >= 4 is 15.9 Å². The van der Waals surface area contributed by atoms with Crippen molar-refractivity contribution in [3.8, 4) is 11.3 Å². The van der Waals surface area contributed by atoms with Crippen LogP contribution in [0.15, 0.2) is 40.8 Å². The summed E-state index contributed by atoms with van der Waals surface area (Å²) in [4.78, 5) is 14.0. The highest BCUT2D eigenvalue weighted by Gasteiger charge is 2.31.